The lowest BCUT2D eigenvalue weighted by Gasteiger charge is -2.13. The predicted molar refractivity (Wildman–Crippen MR) is 80.7 cm³/mol. The van der Waals surface area contributed by atoms with Gasteiger partial charge in [-0.15, -0.1) is 0 Å². The predicted octanol–water partition coefficient (Wildman–Crippen LogP) is 2.22. The fourth-order valence-corrected chi connectivity index (χ4v) is 4.79. The fraction of sp³-hybridized carbons (Fsp3) is 0.538. The summed E-state index contributed by atoms with van der Waals surface area (Å²) in [5, 5.41) is 0.587. The van der Waals surface area contributed by atoms with E-state index in [1.807, 2.05) is 11.8 Å². The molecule has 3 N–H and O–H groups in total. The summed E-state index contributed by atoms with van der Waals surface area (Å²) >= 11 is 1.92. The van der Waals surface area contributed by atoms with E-state index in [2.05, 4.69) is 11.6 Å². The van der Waals surface area contributed by atoms with E-state index in [1.54, 1.807) is 24.3 Å². The van der Waals surface area contributed by atoms with E-state index >= 15 is 0 Å². The molecule has 1 saturated carbocycles. The molecule has 1 aromatic carbocycles. The van der Waals surface area contributed by atoms with Gasteiger partial charge in [0, 0.05) is 17.0 Å². The molecule has 1 aliphatic carbocycles. The maximum absolute atomic E-state index is 12.2. The molecular weight excluding hydrogens is 280 g/mol. The molecule has 0 aromatic heterocycles. The number of rotatable bonds is 5. The molecule has 4 nitrogen and oxygen atoms in total. The molecule has 106 valence electrons. The monoisotopic (exact) mass is 300 g/mol. The van der Waals surface area contributed by atoms with Crippen LogP contribution in [0.4, 0.5) is 5.69 Å². The van der Waals surface area contributed by atoms with Crippen LogP contribution < -0.4 is 10.5 Å². The SMILES string of the molecule is CCSC1CCC(NS(=O)(=O)c2ccc(N)cc2)C1. The van der Waals surface area contributed by atoms with Crippen molar-refractivity contribution in [2.45, 2.75) is 42.4 Å². The highest BCUT2D eigenvalue weighted by Gasteiger charge is 2.28. The Balaban J connectivity index is 2.00. The summed E-state index contributed by atoms with van der Waals surface area (Å²) in [6, 6.07) is 6.37. The smallest absolute Gasteiger partial charge is 0.240 e. The maximum atomic E-state index is 12.2. The molecule has 0 spiro atoms. The molecule has 2 rings (SSSR count). The van der Waals surface area contributed by atoms with Gasteiger partial charge in [-0.05, 0) is 49.3 Å². The Hall–Kier alpha value is -0.720. The molecule has 0 aliphatic heterocycles. The Morgan fingerprint density at radius 3 is 2.63 bits per heavy atom. The van der Waals surface area contributed by atoms with Crippen molar-refractivity contribution in [1.82, 2.24) is 4.72 Å². The van der Waals surface area contributed by atoms with Crippen LogP contribution in [0.1, 0.15) is 26.2 Å². The van der Waals surface area contributed by atoms with Gasteiger partial charge in [0.05, 0.1) is 4.90 Å². The number of nitrogens with one attached hydrogen (secondary N) is 1. The van der Waals surface area contributed by atoms with Crippen molar-refractivity contribution in [3.63, 3.8) is 0 Å². The van der Waals surface area contributed by atoms with Gasteiger partial charge < -0.3 is 5.73 Å². The molecule has 1 aliphatic rings. The number of sulfonamides is 1. The molecule has 0 amide bonds. The minimum atomic E-state index is -3.41. The molecule has 0 radical (unpaired) electrons. The van der Waals surface area contributed by atoms with Crippen molar-refractivity contribution in [1.29, 1.82) is 0 Å². The number of nitrogens with two attached hydrogens (primary N) is 1. The molecule has 0 bridgehead atoms. The van der Waals surface area contributed by atoms with E-state index < -0.39 is 10.0 Å². The molecule has 0 saturated heterocycles. The number of benzene rings is 1. The largest absolute Gasteiger partial charge is 0.399 e. The molecule has 6 heteroatoms. The Bertz CT molecular complexity index is 514. The highest BCUT2D eigenvalue weighted by Crippen LogP contribution is 2.30. The van der Waals surface area contributed by atoms with Crippen LogP contribution in [-0.2, 0) is 10.0 Å². The van der Waals surface area contributed by atoms with E-state index in [1.165, 1.54) is 0 Å². The Labute approximate surface area is 119 Å². The lowest BCUT2D eigenvalue weighted by atomic mass is 10.3. The van der Waals surface area contributed by atoms with E-state index in [4.69, 9.17) is 5.73 Å². The highest BCUT2D eigenvalue weighted by atomic mass is 32.2. The molecule has 2 unspecified atom stereocenters. The van der Waals surface area contributed by atoms with Crippen LogP contribution >= 0.6 is 11.8 Å². The quantitative estimate of drug-likeness (QED) is 0.818. The summed E-state index contributed by atoms with van der Waals surface area (Å²) < 4.78 is 27.2. The van der Waals surface area contributed by atoms with Gasteiger partial charge in [0.1, 0.15) is 0 Å². The van der Waals surface area contributed by atoms with E-state index in [0.717, 1.165) is 25.0 Å². The van der Waals surface area contributed by atoms with Gasteiger partial charge >= 0.3 is 0 Å². The van der Waals surface area contributed by atoms with Gasteiger partial charge in [0.25, 0.3) is 0 Å². The van der Waals surface area contributed by atoms with Gasteiger partial charge in [0.2, 0.25) is 10.0 Å². The first-order chi connectivity index (χ1) is 9.01. The number of nitrogen functional groups attached to an aromatic ring is 1. The summed E-state index contributed by atoms with van der Waals surface area (Å²) in [4.78, 5) is 0.285. The van der Waals surface area contributed by atoms with Crippen molar-refractivity contribution < 1.29 is 8.42 Å². The van der Waals surface area contributed by atoms with E-state index in [9.17, 15) is 8.42 Å². The van der Waals surface area contributed by atoms with Crippen molar-refractivity contribution in [2.24, 2.45) is 0 Å². The van der Waals surface area contributed by atoms with Crippen molar-refractivity contribution in [3.05, 3.63) is 24.3 Å². The molecule has 19 heavy (non-hydrogen) atoms. The maximum Gasteiger partial charge on any atom is 0.240 e. The minimum Gasteiger partial charge on any atom is -0.399 e. The van der Waals surface area contributed by atoms with E-state index in [0.29, 0.717) is 10.9 Å². The van der Waals surface area contributed by atoms with Gasteiger partial charge in [-0.1, -0.05) is 6.92 Å². The van der Waals surface area contributed by atoms with Crippen LogP contribution in [-0.4, -0.2) is 25.5 Å². The second-order valence-electron chi connectivity index (χ2n) is 4.78. The third-order valence-corrected chi connectivity index (χ3v) is 6.07. The zero-order valence-electron chi connectivity index (χ0n) is 11.0. The number of thioether (sulfide) groups is 1. The van der Waals surface area contributed by atoms with Crippen LogP contribution in [0.2, 0.25) is 0 Å². The Kier molecular flexibility index (Phi) is 4.76. The van der Waals surface area contributed by atoms with Crippen molar-refractivity contribution >= 4 is 27.5 Å². The zero-order chi connectivity index (χ0) is 13.9. The minimum absolute atomic E-state index is 0.0617. The summed E-state index contributed by atoms with van der Waals surface area (Å²) in [7, 11) is -3.41. The van der Waals surface area contributed by atoms with Crippen LogP contribution in [0, 0.1) is 0 Å². The topological polar surface area (TPSA) is 72.2 Å². The van der Waals surface area contributed by atoms with Crippen molar-refractivity contribution in [2.75, 3.05) is 11.5 Å². The number of hydrogen-bond acceptors (Lipinski definition) is 4. The summed E-state index contributed by atoms with van der Waals surface area (Å²) in [5.41, 5.74) is 6.14. The molecule has 2 atom stereocenters. The van der Waals surface area contributed by atoms with E-state index in [-0.39, 0.29) is 10.9 Å². The number of hydrogen-bond donors (Lipinski definition) is 2. The second-order valence-corrected chi connectivity index (χ2v) is 8.07. The fourth-order valence-electron chi connectivity index (χ4n) is 2.37. The first-order valence-electron chi connectivity index (χ1n) is 6.50. The lowest BCUT2D eigenvalue weighted by Crippen LogP contribution is -2.33. The van der Waals surface area contributed by atoms with Crippen LogP contribution in [0.3, 0.4) is 0 Å². The van der Waals surface area contributed by atoms with Crippen LogP contribution in [0.25, 0.3) is 0 Å². The summed E-state index contributed by atoms with van der Waals surface area (Å²) in [5.74, 6) is 1.09. The average Bonchev–Trinajstić information content (AvgIpc) is 2.77. The number of anilines is 1. The molecule has 1 aromatic rings. The summed E-state index contributed by atoms with van der Waals surface area (Å²) in [6.07, 6.45) is 2.94. The first-order valence-corrected chi connectivity index (χ1v) is 9.04. The Morgan fingerprint density at radius 2 is 2.00 bits per heavy atom. The normalized spacial score (nSPS) is 23.6. The lowest BCUT2D eigenvalue weighted by molar-refractivity contribution is 0.552. The molecular formula is C13H20N2O2S2. The Morgan fingerprint density at radius 1 is 1.32 bits per heavy atom. The third kappa shape index (κ3) is 3.87. The van der Waals surface area contributed by atoms with Crippen molar-refractivity contribution in [3.8, 4) is 0 Å². The van der Waals surface area contributed by atoms with Crippen LogP contribution in [0.5, 0.6) is 0 Å². The standard InChI is InChI=1S/C13H20N2O2S2/c1-2-18-12-6-5-11(9-12)15-19(16,17)13-7-3-10(14)4-8-13/h3-4,7-8,11-12,15H,2,5-6,9,14H2,1H3. The average molecular weight is 300 g/mol. The van der Waals surface area contributed by atoms with Gasteiger partial charge in [-0.2, -0.15) is 11.8 Å². The molecule has 0 heterocycles. The summed E-state index contributed by atoms with van der Waals surface area (Å²) in [6.45, 7) is 2.14. The zero-order valence-corrected chi connectivity index (χ0v) is 12.6. The molecule has 1 fully saturated rings. The van der Waals surface area contributed by atoms with Crippen LogP contribution in [0.15, 0.2) is 29.2 Å². The van der Waals surface area contributed by atoms with Gasteiger partial charge in [-0.25, -0.2) is 13.1 Å². The highest BCUT2D eigenvalue weighted by molar-refractivity contribution is 7.99. The first kappa shape index (κ1) is 14.7. The third-order valence-electron chi connectivity index (χ3n) is 3.30. The van der Waals surface area contributed by atoms with Gasteiger partial charge in [-0.3, -0.25) is 0 Å². The second kappa shape index (κ2) is 6.15. The van der Waals surface area contributed by atoms with Gasteiger partial charge in [0.15, 0.2) is 0 Å².